The Balaban J connectivity index is 1.82. The van der Waals surface area contributed by atoms with Crippen LogP contribution in [0.2, 0.25) is 10.0 Å². The summed E-state index contributed by atoms with van der Waals surface area (Å²) >= 11 is 12.1. The minimum atomic E-state index is -1.06. The Morgan fingerprint density at radius 2 is 1.75 bits per heavy atom. The van der Waals surface area contributed by atoms with E-state index in [1.807, 2.05) is 0 Å². The molecule has 4 nitrogen and oxygen atoms in total. The van der Waals surface area contributed by atoms with Crippen molar-refractivity contribution in [2.75, 3.05) is 0 Å². The van der Waals surface area contributed by atoms with Crippen molar-refractivity contribution >= 4 is 35.1 Å². The van der Waals surface area contributed by atoms with E-state index in [-0.39, 0.29) is 18.0 Å². The quantitative estimate of drug-likeness (QED) is 0.478. The van der Waals surface area contributed by atoms with Gasteiger partial charge in [-0.15, -0.1) is 0 Å². The molecule has 7 heteroatoms. The van der Waals surface area contributed by atoms with E-state index in [2.05, 4.69) is 0 Å². The van der Waals surface area contributed by atoms with Gasteiger partial charge in [0.05, 0.1) is 15.6 Å². The third kappa shape index (κ3) is 3.76. The summed E-state index contributed by atoms with van der Waals surface area (Å²) in [6, 6.07) is 16.2. The van der Waals surface area contributed by atoms with E-state index in [4.69, 9.17) is 23.2 Å². The van der Waals surface area contributed by atoms with Gasteiger partial charge in [-0.05, 0) is 60.9 Å². The van der Waals surface area contributed by atoms with Gasteiger partial charge >= 0.3 is 5.97 Å². The lowest BCUT2D eigenvalue weighted by molar-refractivity contribution is -0.142. The van der Waals surface area contributed by atoms with Crippen molar-refractivity contribution < 1.29 is 19.1 Å². The Morgan fingerprint density at radius 3 is 2.41 bits per heavy atom. The number of aliphatic carboxylic acids is 1. The first-order valence-corrected chi connectivity index (χ1v) is 10.7. The molecule has 0 saturated heterocycles. The number of benzene rings is 3. The van der Waals surface area contributed by atoms with Crippen LogP contribution in [-0.4, -0.2) is 27.4 Å². The van der Waals surface area contributed by atoms with Gasteiger partial charge in [-0.3, -0.25) is 9.59 Å². The minimum Gasteiger partial charge on any atom is -0.481 e. The average Bonchev–Trinajstić information content (AvgIpc) is 2.73. The van der Waals surface area contributed by atoms with E-state index in [9.17, 15) is 19.1 Å². The standard InChI is InChI=1S/C25H20Cl2FNO3/c1-25(2)22(24(31)32)18-12-15(16-5-3-4-6-21(16)28)8-9-17(18)23(30)29(25)13-14-7-10-19(26)20(27)11-14/h3-12,22H,13H2,1-2H3,(H,31,32). The molecule has 0 fully saturated rings. The van der Waals surface area contributed by atoms with Crippen molar-refractivity contribution in [3.05, 3.63) is 93.2 Å². The molecule has 32 heavy (non-hydrogen) atoms. The molecule has 0 aromatic heterocycles. The lowest BCUT2D eigenvalue weighted by atomic mass is 9.74. The van der Waals surface area contributed by atoms with Crippen LogP contribution < -0.4 is 0 Å². The van der Waals surface area contributed by atoms with Crippen molar-refractivity contribution in [3.8, 4) is 11.1 Å². The Bertz CT molecular complexity index is 1240. The number of carboxylic acids is 1. The maximum atomic E-state index is 14.3. The lowest BCUT2D eigenvalue weighted by Crippen LogP contribution is -2.56. The minimum absolute atomic E-state index is 0.168. The maximum Gasteiger partial charge on any atom is 0.313 e. The predicted molar refractivity (Wildman–Crippen MR) is 123 cm³/mol. The number of carbonyl (C=O) groups is 2. The van der Waals surface area contributed by atoms with Gasteiger partial charge in [-0.1, -0.05) is 53.5 Å². The van der Waals surface area contributed by atoms with Gasteiger partial charge in [-0.25, -0.2) is 4.39 Å². The van der Waals surface area contributed by atoms with Crippen molar-refractivity contribution in [2.45, 2.75) is 31.8 Å². The number of hydrogen-bond donors (Lipinski definition) is 1. The number of fused-ring (bicyclic) bond motifs is 1. The zero-order chi connectivity index (χ0) is 23.2. The first-order chi connectivity index (χ1) is 15.1. The molecule has 0 spiro atoms. The number of hydrogen-bond acceptors (Lipinski definition) is 2. The maximum absolute atomic E-state index is 14.3. The van der Waals surface area contributed by atoms with Crippen LogP contribution in [0.4, 0.5) is 4.39 Å². The number of halogens is 3. The molecule has 0 radical (unpaired) electrons. The molecule has 1 unspecified atom stereocenters. The average molecular weight is 472 g/mol. The van der Waals surface area contributed by atoms with Crippen LogP contribution in [0.25, 0.3) is 11.1 Å². The summed E-state index contributed by atoms with van der Waals surface area (Å²) in [5.41, 5.74) is 1.21. The normalized spacial score (nSPS) is 17.2. The first-order valence-electron chi connectivity index (χ1n) is 9.99. The van der Waals surface area contributed by atoms with Crippen LogP contribution in [0.3, 0.4) is 0 Å². The first kappa shape index (κ1) is 22.3. The molecule has 164 valence electrons. The third-order valence-corrected chi connectivity index (χ3v) is 6.74. The molecule has 3 aromatic rings. The third-order valence-electron chi connectivity index (χ3n) is 6.00. The highest BCUT2D eigenvalue weighted by atomic mass is 35.5. The number of rotatable bonds is 4. The second-order valence-corrected chi connectivity index (χ2v) is 9.16. The van der Waals surface area contributed by atoms with Gasteiger partial charge in [-0.2, -0.15) is 0 Å². The van der Waals surface area contributed by atoms with Gasteiger partial charge in [0.1, 0.15) is 11.7 Å². The Hall–Kier alpha value is -2.89. The fourth-order valence-corrected chi connectivity index (χ4v) is 4.65. The number of amides is 1. The van der Waals surface area contributed by atoms with Crippen molar-refractivity contribution in [3.63, 3.8) is 0 Å². The summed E-state index contributed by atoms with van der Waals surface area (Å²) in [6.45, 7) is 3.61. The monoisotopic (exact) mass is 471 g/mol. The molecule has 1 amide bonds. The number of carboxylic acid groups (broad SMARTS) is 1. The van der Waals surface area contributed by atoms with Crippen LogP contribution in [0.15, 0.2) is 60.7 Å². The van der Waals surface area contributed by atoms with Crippen LogP contribution in [-0.2, 0) is 11.3 Å². The second kappa shape index (κ2) is 8.23. The summed E-state index contributed by atoms with van der Waals surface area (Å²) in [6.07, 6.45) is 0. The van der Waals surface area contributed by atoms with Gasteiger partial charge in [0.25, 0.3) is 5.91 Å². The zero-order valence-electron chi connectivity index (χ0n) is 17.4. The van der Waals surface area contributed by atoms with E-state index >= 15 is 0 Å². The molecule has 1 N–H and O–H groups in total. The van der Waals surface area contributed by atoms with Crippen LogP contribution in [0.5, 0.6) is 0 Å². The Morgan fingerprint density at radius 1 is 1.03 bits per heavy atom. The van der Waals surface area contributed by atoms with Crippen LogP contribution >= 0.6 is 23.2 Å². The van der Waals surface area contributed by atoms with E-state index in [0.29, 0.717) is 26.7 Å². The van der Waals surface area contributed by atoms with Gasteiger partial charge in [0.15, 0.2) is 0 Å². The van der Waals surface area contributed by atoms with Gasteiger partial charge in [0, 0.05) is 17.7 Å². The lowest BCUT2D eigenvalue weighted by Gasteiger charge is -2.47. The molecule has 1 atom stereocenters. The predicted octanol–water partition coefficient (Wildman–Crippen LogP) is 6.40. The molecule has 0 bridgehead atoms. The molecule has 3 aromatic carbocycles. The number of carbonyl (C=O) groups excluding carboxylic acids is 1. The highest BCUT2D eigenvalue weighted by molar-refractivity contribution is 6.42. The summed E-state index contributed by atoms with van der Waals surface area (Å²) in [7, 11) is 0. The Kier molecular flexibility index (Phi) is 5.74. The molecule has 4 rings (SSSR count). The van der Waals surface area contributed by atoms with E-state index in [1.54, 1.807) is 68.4 Å². The largest absolute Gasteiger partial charge is 0.481 e. The fourth-order valence-electron chi connectivity index (χ4n) is 4.33. The topological polar surface area (TPSA) is 57.6 Å². The van der Waals surface area contributed by atoms with E-state index in [0.717, 1.165) is 5.56 Å². The Labute approximate surface area is 195 Å². The fraction of sp³-hybridized carbons (Fsp3) is 0.200. The van der Waals surface area contributed by atoms with Crippen molar-refractivity contribution in [1.29, 1.82) is 0 Å². The summed E-state index contributed by atoms with van der Waals surface area (Å²) in [5, 5.41) is 10.9. The smallest absolute Gasteiger partial charge is 0.313 e. The summed E-state index contributed by atoms with van der Waals surface area (Å²) in [5.74, 6) is -2.78. The molecule has 0 aliphatic carbocycles. The zero-order valence-corrected chi connectivity index (χ0v) is 18.9. The highest BCUT2D eigenvalue weighted by Crippen LogP contribution is 2.43. The van der Waals surface area contributed by atoms with E-state index < -0.39 is 23.2 Å². The van der Waals surface area contributed by atoms with Crippen LogP contribution in [0, 0.1) is 5.82 Å². The van der Waals surface area contributed by atoms with Crippen molar-refractivity contribution in [1.82, 2.24) is 4.90 Å². The molecule has 1 aliphatic heterocycles. The molecule has 1 heterocycles. The second-order valence-electron chi connectivity index (χ2n) is 8.35. The van der Waals surface area contributed by atoms with Gasteiger partial charge < -0.3 is 10.0 Å². The molecular formula is C25H20Cl2FNO3. The van der Waals surface area contributed by atoms with Gasteiger partial charge in [0.2, 0.25) is 0 Å². The molecule has 0 saturated carbocycles. The number of nitrogens with zero attached hydrogens (tertiary/aromatic N) is 1. The van der Waals surface area contributed by atoms with E-state index in [1.165, 1.54) is 11.0 Å². The molecule has 1 aliphatic rings. The van der Waals surface area contributed by atoms with Crippen molar-refractivity contribution in [2.24, 2.45) is 0 Å². The van der Waals surface area contributed by atoms with Crippen LogP contribution in [0.1, 0.15) is 41.3 Å². The summed E-state index contributed by atoms with van der Waals surface area (Å²) < 4.78 is 14.3. The summed E-state index contributed by atoms with van der Waals surface area (Å²) in [4.78, 5) is 27.4. The molecular weight excluding hydrogens is 452 g/mol. The SMILES string of the molecule is CC1(C)C(C(=O)O)c2cc(-c3ccccc3F)ccc2C(=O)N1Cc1ccc(Cl)c(Cl)c1. The highest BCUT2D eigenvalue weighted by Gasteiger charge is 2.49.